The molecule has 5 nitrogen and oxygen atoms in total. The minimum atomic E-state index is -3.55. The molecule has 130 valence electrons. The number of benzene rings is 1. The Morgan fingerprint density at radius 1 is 1.29 bits per heavy atom. The highest BCUT2D eigenvalue weighted by atomic mass is 35.5. The largest absolute Gasteiger partial charge is 0.349 e. The highest BCUT2D eigenvalue weighted by Crippen LogP contribution is 2.26. The summed E-state index contributed by atoms with van der Waals surface area (Å²) in [5, 5.41) is 5.44. The van der Waals surface area contributed by atoms with Crippen LogP contribution in [0, 0.1) is 0 Å². The van der Waals surface area contributed by atoms with Crippen LogP contribution in [0.5, 0.6) is 0 Å². The van der Waals surface area contributed by atoms with E-state index in [1.54, 1.807) is 36.6 Å². The summed E-state index contributed by atoms with van der Waals surface area (Å²) < 4.78 is 26.5. The van der Waals surface area contributed by atoms with Crippen molar-refractivity contribution in [2.75, 3.05) is 6.54 Å². The molecule has 2 rings (SSSR count). The van der Waals surface area contributed by atoms with Gasteiger partial charge in [0.05, 0.1) is 6.04 Å². The fourth-order valence-corrected chi connectivity index (χ4v) is 4.67. The minimum absolute atomic E-state index is 0.0210. The van der Waals surface area contributed by atoms with Crippen molar-refractivity contribution in [2.24, 2.45) is 0 Å². The van der Waals surface area contributed by atoms with E-state index in [9.17, 15) is 13.2 Å². The summed E-state index contributed by atoms with van der Waals surface area (Å²) in [5.74, 6) is -0.276. The van der Waals surface area contributed by atoms with Crippen molar-refractivity contribution in [2.45, 2.75) is 23.6 Å². The highest BCUT2D eigenvalue weighted by Gasteiger charge is 2.16. The van der Waals surface area contributed by atoms with Crippen molar-refractivity contribution in [3.63, 3.8) is 0 Å². The molecule has 0 bridgehead atoms. The second-order valence-corrected chi connectivity index (χ2v) is 8.82. The molecule has 1 atom stereocenters. The number of carbonyl (C=O) groups excluding carboxylic acids is 1. The van der Waals surface area contributed by atoms with Gasteiger partial charge in [0, 0.05) is 23.0 Å². The minimum Gasteiger partial charge on any atom is -0.349 e. The lowest BCUT2D eigenvalue weighted by Gasteiger charge is -2.16. The predicted molar refractivity (Wildman–Crippen MR) is 97.1 cm³/mol. The average Bonchev–Trinajstić information content (AvgIpc) is 3.01. The summed E-state index contributed by atoms with van der Waals surface area (Å²) in [5.41, 5.74) is 0.744. The molecule has 0 spiro atoms. The van der Waals surface area contributed by atoms with E-state index in [4.69, 9.17) is 23.2 Å². The third-order valence-corrected chi connectivity index (χ3v) is 6.63. The molecule has 0 aliphatic heterocycles. The molecule has 2 N–H and O–H groups in total. The lowest BCUT2D eigenvalue weighted by molar-refractivity contribution is -0.121. The van der Waals surface area contributed by atoms with Crippen LogP contribution in [0.15, 0.2) is 39.9 Å². The average molecular weight is 407 g/mol. The zero-order valence-corrected chi connectivity index (χ0v) is 15.9. The Morgan fingerprint density at radius 3 is 2.67 bits per heavy atom. The Hall–Kier alpha value is -1.12. The van der Waals surface area contributed by atoms with Crippen molar-refractivity contribution in [1.29, 1.82) is 0 Å². The first-order chi connectivity index (χ1) is 11.3. The molecule has 1 heterocycles. The lowest BCUT2D eigenvalue weighted by Crippen LogP contribution is -2.32. The molecule has 0 radical (unpaired) electrons. The van der Waals surface area contributed by atoms with E-state index in [0.29, 0.717) is 10.0 Å². The maximum atomic E-state index is 12.0. The molecule has 9 heteroatoms. The summed E-state index contributed by atoms with van der Waals surface area (Å²) in [4.78, 5) is 12.0. The molecule has 2 aromatic rings. The summed E-state index contributed by atoms with van der Waals surface area (Å²) >= 11 is 13.1. The van der Waals surface area contributed by atoms with Crippen molar-refractivity contribution in [3.05, 3.63) is 51.3 Å². The van der Waals surface area contributed by atoms with Gasteiger partial charge < -0.3 is 5.32 Å². The second kappa shape index (κ2) is 8.31. The number of rotatable bonds is 7. The van der Waals surface area contributed by atoms with E-state index in [0.717, 1.165) is 16.9 Å². The van der Waals surface area contributed by atoms with Crippen LogP contribution in [0.3, 0.4) is 0 Å². The van der Waals surface area contributed by atoms with Crippen LogP contribution in [0.1, 0.15) is 24.9 Å². The third kappa shape index (κ3) is 5.19. The second-order valence-electron chi connectivity index (χ2n) is 5.03. The maximum Gasteiger partial charge on any atom is 0.250 e. The first kappa shape index (κ1) is 19.2. The summed E-state index contributed by atoms with van der Waals surface area (Å²) in [6.07, 6.45) is 0.0279. The van der Waals surface area contributed by atoms with Gasteiger partial charge in [-0.2, -0.15) is 0 Å². The lowest BCUT2D eigenvalue weighted by atomic mass is 10.1. The van der Waals surface area contributed by atoms with Crippen LogP contribution in [0.25, 0.3) is 0 Å². The van der Waals surface area contributed by atoms with Gasteiger partial charge in [-0.05, 0) is 36.1 Å². The number of amides is 1. The van der Waals surface area contributed by atoms with Crippen molar-refractivity contribution in [3.8, 4) is 0 Å². The zero-order chi connectivity index (χ0) is 17.7. The van der Waals surface area contributed by atoms with Gasteiger partial charge in [-0.3, -0.25) is 4.79 Å². The maximum absolute atomic E-state index is 12.0. The topological polar surface area (TPSA) is 75.3 Å². The van der Waals surface area contributed by atoms with E-state index in [-0.39, 0.29) is 29.1 Å². The third-order valence-electron chi connectivity index (χ3n) is 3.21. The van der Waals surface area contributed by atoms with Crippen LogP contribution in [-0.2, 0) is 14.8 Å². The first-order valence-electron chi connectivity index (χ1n) is 7.07. The molecule has 0 saturated carbocycles. The standard InChI is InChI=1S/C15H16Cl2N2O3S2/c1-10(12-5-4-11(16)9-13(12)17)19-14(20)6-7-18-24(21,22)15-3-2-8-23-15/h2-5,8-10,18H,6-7H2,1H3,(H,19,20)/t10-/m1/s1. The number of hydrogen-bond acceptors (Lipinski definition) is 4. The molecule has 1 aromatic carbocycles. The molecule has 0 fully saturated rings. The van der Waals surface area contributed by atoms with Crippen LogP contribution >= 0.6 is 34.5 Å². The fourth-order valence-electron chi connectivity index (χ4n) is 2.03. The Balaban J connectivity index is 1.85. The molecule has 24 heavy (non-hydrogen) atoms. The molecular formula is C15H16Cl2N2O3S2. The molecule has 1 amide bonds. The van der Waals surface area contributed by atoms with Gasteiger partial charge in [0.15, 0.2) is 0 Å². The van der Waals surface area contributed by atoms with Gasteiger partial charge in [-0.1, -0.05) is 35.3 Å². The summed E-state index contributed by atoms with van der Waals surface area (Å²) in [6, 6.07) is 7.91. The number of thiophene rings is 1. The van der Waals surface area contributed by atoms with Crippen molar-refractivity contribution < 1.29 is 13.2 Å². The molecule has 0 aliphatic carbocycles. The molecular weight excluding hydrogens is 391 g/mol. The number of hydrogen-bond donors (Lipinski definition) is 2. The van der Waals surface area contributed by atoms with Crippen LogP contribution in [0.2, 0.25) is 10.0 Å². The van der Waals surface area contributed by atoms with Crippen molar-refractivity contribution >= 4 is 50.5 Å². The predicted octanol–water partition coefficient (Wildman–Crippen LogP) is 3.60. The first-order valence-corrected chi connectivity index (χ1v) is 10.2. The summed E-state index contributed by atoms with van der Waals surface area (Å²) in [6.45, 7) is 1.82. The van der Waals surface area contributed by atoms with E-state index < -0.39 is 10.0 Å². The Kier molecular flexibility index (Phi) is 6.65. The smallest absolute Gasteiger partial charge is 0.250 e. The fraction of sp³-hybridized carbons (Fsp3) is 0.267. The van der Waals surface area contributed by atoms with Gasteiger partial charge in [0.25, 0.3) is 0 Å². The van der Waals surface area contributed by atoms with Crippen LogP contribution in [0.4, 0.5) is 0 Å². The van der Waals surface area contributed by atoms with Gasteiger partial charge >= 0.3 is 0 Å². The number of sulfonamides is 1. The molecule has 1 aromatic heterocycles. The zero-order valence-electron chi connectivity index (χ0n) is 12.8. The number of nitrogens with one attached hydrogen (secondary N) is 2. The monoisotopic (exact) mass is 406 g/mol. The Morgan fingerprint density at radius 2 is 2.04 bits per heavy atom. The van der Waals surface area contributed by atoms with Crippen molar-refractivity contribution in [1.82, 2.24) is 10.0 Å². The van der Waals surface area contributed by atoms with E-state index in [2.05, 4.69) is 10.0 Å². The van der Waals surface area contributed by atoms with Crippen LogP contribution in [-0.4, -0.2) is 20.9 Å². The van der Waals surface area contributed by atoms with Gasteiger partial charge in [0.2, 0.25) is 15.9 Å². The van der Waals surface area contributed by atoms with Gasteiger partial charge in [-0.25, -0.2) is 13.1 Å². The molecule has 0 aliphatic rings. The van der Waals surface area contributed by atoms with Crippen LogP contribution < -0.4 is 10.0 Å². The number of carbonyl (C=O) groups is 1. The SMILES string of the molecule is C[C@@H](NC(=O)CCNS(=O)(=O)c1cccs1)c1ccc(Cl)cc1Cl. The quantitative estimate of drug-likeness (QED) is 0.737. The number of halogens is 2. The van der Waals surface area contributed by atoms with E-state index >= 15 is 0 Å². The molecule has 0 saturated heterocycles. The Bertz CT molecular complexity index is 808. The van der Waals surface area contributed by atoms with Gasteiger partial charge in [0.1, 0.15) is 4.21 Å². The van der Waals surface area contributed by atoms with Gasteiger partial charge in [-0.15, -0.1) is 11.3 Å². The normalized spacial score (nSPS) is 12.8. The van der Waals surface area contributed by atoms with E-state index in [1.807, 2.05) is 0 Å². The Labute approximate surface area is 155 Å². The highest BCUT2D eigenvalue weighted by molar-refractivity contribution is 7.91. The van der Waals surface area contributed by atoms with E-state index in [1.165, 1.54) is 6.07 Å². The summed E-state index contributed by atoms with van der Waals surface area (Å²) in [7, 11) is -3.55. The molecule has 0 unspecified atom stereocenters.